The number of para-hydroxylation sites is 1. The van der Waals surface area contributed by atoms with Crippen LogP contribution in [-0.2, 0) is 16.6 Å². The lowest BCUT2D eigenvalue weighted by Crippen LogP contribution is -2.41. The van der Waals surface area contributed by atoms with Crippen LogP contribution in [0.4, 0.5) is 14.5 Å². The van der Waals surface area contributed by atoms with Crippen molar-refractivity contribution in [1.82, 2.24) is 9.71 Å². The SMILES string of the molecule is O=S1(=O)NC(=NCc2cccc(F)n2)Nc2c(-c3cccc(F)c3Cl)cccc21. The smallest absolute Gasteiger partial charge is 0.266 e. The molecule has 1 aliphatic rings. The van der Waals surface area contributed by atoms with Gasteiger partial charge in [0.25, 0.3) is 10.0 Å². The summed E-state index contributed by atoms with van der Waals surface area (Å²) in [6.07, 6.45) is 0. The Kier molecular flexibility index (Phi) is 4.93. The fraction of sp³-hybridized carbons (Fsp3) is 0.0526. The van der Waals surface area contributed by atoms with Crippen molar-refractivity contribution < 1.29 is 17.2 Å². The summed E-state index contributed by atoms with van der Waals surface area (Å²) in [5.41, 5.74) is 1.27. The molecule has 0 saturated heterocycles. The van der Waals surface area contributed by atoms with Crippen LogP contribution in [0, 0.1) is 11.8 Å². The maximum absolute atomic E-state index is 13.9. The highest BCUT2D eigenvalue weighted by atomic mass is 35.5. The first-order chi connectivity index (χ1) is 13.8. The molecule has 0 saturated carbocycles. The molecule has 2 N–H and O–H groups in total. The van der Waals surface area contributed by atoms with E-state index in [-0.39, 0.29) is 28.1 Å². The Morgan fingerprint density at radius 2 is 1.72 bits per heavy atom. The number of anilines is 1. The van der Waals surface area contributed by atoms with Crippen LogP contribution < -0.4 is 10.0 Å². The molecule has 4 rings (SSSR count). The maximum Gasteiger partial charge on any atom is 0.266 e. The number of sulfonamides is 1. The molecule has 2 heterocycles. The number of hydrogen-bond acceptors (Lipinski definition) is 4. The maximum atomic E-state index is 13.9. The highest BCUT2D eigenvalue weighted by Gasteiger charge is 2.29. The summed E-state index contributed by atoms with van der Waals surface area (Å²) in [7, 11) is -3.93. The van der Waals surface area contributed by atoms with Crippen molar-refractivity contribution in [1.29, 1.82) is 0 Å². The van der Waals surface area contributed by atoms with E-state index in [1.807, 2.05) is 0 Å². The summed E-state index contributed by atoms with van der Waals surface area (Å²) in [4.78, 5) is 7.80. The molecule has 0 fully saturated rings. The van der Waals surface area contributed by atoms with Gasteiger partial charge in [-0.2, -0.15) is 4.39 Å². The summed E-state index contributed by atoms with van der Waals surface area (Å²) in [5, 5.41) is 2.78. The zero-order valence-electron chi connectivity index (χ0n) is 14.7. The summed E-state index contributed by atoms with van der Waals surface area (Å²) < 4.78 is 54.8. The zero-order valence-corrected chi connectivity index (χ0v) is 16.2. The minimum atomic E-state index is -3.93. The van der Waals surface area contributed by atoms with Crippen molar-refractivity contribution in [3.8, 4) is 11.1 Å². The van der Waals surface area contributed by atoms with Crippen LogP contribution in [0.2, 0.25) is 5.02 Å². The molecule has 1 aromatic heterocycles. The van der Waals surface area contributed by atoms with Crippen LogP contribution in [0.5, 0.6) is 0 Å². The largest absolute Gasteiger partial charge is 0.324 e. The van der Waals surface area contributed by atoms with Gasteiger partial charge in [-0.05, 0) is 24.3 Å². The fourth-order valence-electron chi connectivity index (χ4n) is 2.92. The van der Waals surface area contributed by atoms with Crippen molar-refractivity contribution in [3.63, 3.8) is 0 Å². The predicted molar refractivity (Wildman–Crippen MR) is 106 cm³/mol. The first-order valence-corrected chi connectivity index (χ1v) is 10.2. The van der Waals surface area contributed by atoms with E-state index in [2.05, 4.69) is 20.0 Å². The standard InChI is InChI=1S/C19H13ClF2N4O2S/c20-17-12(5-2-7-14(17)21)13-6-3-8-15-18(13)25-19(26-29(15,27)28)23-10-11-4-1-9-16(22)24-11/h1-9H,10H2,(H2,23,25,26). The second-order valence-corrected chi connectivity index (χ2v) is 8.16. The average Bonchev–Trinajstić information content (AvgIpc) is 2.68. The van der Waals surface area contributed by atoms with Crippen LogP contribution >= 0.6 is 11.6 Å². The number of benzene rings is 2. The molecule has 0 bridgehead atoms. The van der Waals surface area contributed by atoms with Gasteiger partial charge in [0.2, 0.25) is 11.9 Å². The second-order valence-electron chi connectivity index (χ2n) is 6.13. The molecule has 0 spiro atoms. The predicted octanol–water partition coefficient (Wildman–Crippen LogP) is 3.94. The monoisotopic (exact) mass is 434 g/mol. The van der Waals surface area contributed by atoms with Gasteiger partial charge in [0.1, 0.15) is 10.7 Å². The Morgan fingerprint density at radius 1 is 1.00 bits per heavy atom. The number of guanidine groups is 1. The van der Waals surface area contributed by atoms with Crippen molar-refractivity contribution in [3.05, 3.63) is 77.1 Å². The third kappa shape index (κ3) is 3.79. The number of fused-ring (bicyclic) bond motifs is 1. The minimum Gasteiger partial charge on any atom is -0.324 e. The number of hydrogen-bond donors (Lipinski definition) is 2. The van der Waals surface area contributed by atoms with Crippen LogP contribution in [0.3, 0.4) is 0 Å². The van der Waals surface area contributed by atoms with Crippen LogP contribution in [0.25, 0.3) is 11.1 Å². The van der Waals surface area contributed by atoms with E-state index in [0.29, 0.717) is 16.8 Å². The van der Waals surface area contributed by atoms with Crippen molar-refractivity contribution >= 4 is 33.3 Å². The Balaban J connectivity index is 1.78. The minimum absolute atomic E-state index is 0.0295. The first-order valence-electron chi connectivity index (χ1n) is 8.38. The molecule has 1 aliphatic heterocycles. The number of pyridine rings is 1. The van der Waals surface area contributed by atoms with Crippen LogP contribution in [0.1, 0.15) is 5.69 Å². The van der Waals surface area contributed by atoms with E-state index in [1.165, 1.54) is 36.4 Å². The summed E-state index contributed by atoms with van der Waals surface area (Å²) in [6.45, 7) is -0.0547. The van der Waals surface area contributed by atoms with E-state index >= 15 is 0 Å². The molecule has 2 aromatic carbocycles. The van der Waals surface area contributed by atoms with Gasteiger partial charge in [0, 0.05) is 11.1 Å². The molecule has 0 radical (unpaired) electrons. The summed E-state index contributed by atoms with van der Waals surface area (Å²) >= 11 is 6.09. The molecule has 6 nitrogen and oxygen atoms in total. The van der Waals surface area contributed by atoms with Crippen molar-refractivity contribution in [2.45, 2.75) is 11.4 Å². The van der Waals surface area contributed by atoms with Gasteiger partial charge in [0.15, 0.2) is 0 Å². The molecular formula is C19H13ClF2N4O2S. The molecule has 0 aliphatic carbocycles. The van der Waals surface area contributed by atoms with Crippen LogP contribution in [0.15, 0.2) is 64.5 Å². The van der Waals surface area contributed by atoms with Crippen molar-refractivity contribution in [2.24, 2.45) is 4.99 Å². The number of aromatic nitrogens is 1. The Labute approximate surface area is 170 Å². The number of rotatable bonds is 3. The molecule has 0 unspecified atom stereocenters. The zero-order chi connectivity index (χ0) is 20.6. The first kappa shape index (κ1) is 19.3. The van der Waals surface area contributed by atoms with E-state index in [0.717, 1.165) is 0 Å². The number of aliphatic imine (C=N–C) groups is 1. The van der Waals surface area contributed by atoms with Gasteiger partial charge < -0.3 is 5.32 Å². The van der Waals surface area contributed by atoms with E-state index in [9.17, 15) is 17.2 Å². The van der Waals surface area contributed by atoms with Gasteiger partial charge in [-0.1, -0.05) is 41.9 Å². The number of halogens is 3. The van der Waals surface area contributed by atoms with Gasteiger partial charge in [0.05, 0.1) is 22.9 Å². The number of nitrogens with one attached hydrogen (secondary N) is 2. The van der Waals surface area contributed by atoms with E-state index in [1.54, 1.807) is 18.2 Å². The number of nitrogens with zero attached hydrogens (tertiary/aromatic N) is 2. The van der Waals surface area contributed by atoms with Crippen molar-refractivity contribution in [2.75, 3.05) is 5.32 Å². The third-order valence-corrected chi connectivity index (χ3v) is 5.97. The topological polar surface area (TPSA) is 83.5 Å². The lowest BCUT2D eigenvalue weighted by molar-refractivity contribution is 0.576. The van der Waals surface area contributed by atoms with E-state index in [4.69, 9.17) is 11.6 Å². The molecule has 148 valence electrons. The third-order valence-electron chi connectivity index (χ3n) is 4.20. The second kappa shape index (κ2) is 7.41. The normalized spacial score (nSPS) is 16.0. The lowest BCUT2D eigenvalue weighted by Gasteiger charge is -2.24. The molecule has 3 aromatic rings. The quantitative estimate of drug-likeness (QED) is 0.611. The van der Waals surface area contributed by atoms with Gasteiger partial charge in [-0.15, -0.1) is 0 Å². The average molecular weight is 435 g/mol. The summed E-state index contributed by atoms with van der Waals surface area (Å²) in [6, 6.07) is 13.1. The molecule has 29 heavy (non-hydrogen) atoms. The highest BCUT2D eigenvalue weighted by Crippen LogP contribution is 2.39. The summed E-state index contributed by atoms with van der Waals surface area (Å²) in [5.74, 6) is -1.35. The Hall–Kier alpha value is -3.04. The van der Waals surface area contributed by atoms with Crippen LogP contribution in [-0.4, -0.2) is 19.4 Å². The highest BCUT2D eigenvalue weighted by molar-refractivity contribution is 7.90. The van der Waals surface area contributed by atoms with Gasteiger partial charge in [-0.25, -0.2) is 27.5 Å². The Bertz CT molecular complexity index is 1250. The molecule has 0 amide bonds. The lowest BCUT2D eigenvalue weighted by atomic mass is 10.0. The fourth-order valence-corrected chi connectivity index (χ4v) is 4.31. The Morgan fingerprint density at radius 3 is 2.52 bits per heavy atom. The molecule has 0 atom stereocenters. The van der Waals surface area contributed by atoms with E-state index < -0.39 is 21.8 Å². The molecule has 10 heteroatoms. The molecular weight excluding hydrogens is 422 g/mol. The van der Waals surface area contributed by atoms with Gasteiger partial charge in [-0.3, -0.25) is 0 Å². The van der Waals surface area contributed by atoms with Gasteiger partial charge >= 0.3 is 0 Å².